The van der Waals surface area contributed by atoms with Crippen LogP contribution in [0.5, 0.6) is 0 Å². The minimum atomic E-state index is -0.217. The number of methoxy groups -OCH3 is 2. The van der Waals surface area contributed by atoms with Gasteiger partial charge in [0.1, 0.15) is 0 Å². The molecule has 0 aliphatic heterocycles. The molecular formula is C7H13O3. The molecule has 0 aliphatic rings. The summed E-state index contributed by atoms with van der Waals surface area (Å²) in [5.74, 6) is -0.217. The number of ether oxygens (including phenoxy) is 2. The Kier molecular flexibility index (Phi) is 4.94. The lowest BCUT2D eigenvalue weighted by atomic mass is 10.2. The number of rotatable bonds is 4. The van der Waals surface area contributed by atoms with Gasteiger partial charge >= 0.3 is 5.97 Å². The lowest BCUT2D eigenvalue weighted by molar-refractivity contribution is -0.141. The van der Waals surface area contributed by atoms with Gasteiger partial charge in [-0.2, -0.15) is 0 Å². The molecule has 1 unspecified atom stereocenters. The Labute approximate surface area is 61.3 Å². The first-order valence-corrected chi connectivity index (χ1v) is 3.13. The van der Waals surface area contributed by atoms with Gasteiger partial charge < -0.3 is 9.47 Å². The topological polar surface area (TPSA) is 35.5 Å². The summed E-state index contributed by atoms with van der Waals surface area (Å²) < 4.78 is 9.25. The molecule has 0 N–H and O–H groups in total. The fraction of sp³-hybridized carbons (Fsp3) is 0.714. The molecule has 3 nitrogen and oxygen atoms in total. The van der Waals surface area contributed by atoms with Gasteiger partial charge in [-0.1, -0.05) is 0 Å². The van der Waals surface area contributed by atoms with E-state index in [-0.39, 0.29) is 12.1 Å². The second-order valence-electron chi connectivity index (χ2n) is 1.97. The Morgan fingerprint density at radius 1 is 1.60 bits per heavy atom. The molecule has 0 fully saturated rings. The van der Waals surface area contributed by atoms with E-state index in [4.69, 9.17) is 4.74 Å². The van der Waals surface area contributed by atoms with Crippen molar-refractivity contribution in [2.45, 2.75) is 18.9 Å². The highest BCUT2D eigenvalue weighted by Crippen LogP contribution is 1.99. The molecule has 0 amide bonds. The van der Waals surface area contributed by atoms with E-state index in [9.17, 15) is 4.79 Å². The van der Waals surface area contributed by atoms with Crippen LogP contribution in [0, 0.1) is 6.92 Å². The van der Waals surface area contributed by atoms with Crippen LogP contribution in [-0.4, -0.2) is 26.3 Å². The summed E-state index contributed by atoms with van der Waals surface area (Å²) >= 11 is 0. The summed E-state index contributed by atoms with van der Waals surface area (Å²) in [7, 11) is 2.93. The third kappa shape index (κ3) is 4.32. The first kappa shape index (κ1) is 9.43. The first-order chi connectivity index (χ1) is 4.70. The summed E-state index contributed by atoms with van der Waals surface area (Å²) in [5, 5.41) is 0. The molecule has 0 rings (SSSR count). The first-order valence-electron chi connectivity index (χ1n) is 3.13. The zero-order valence-electron chi connectivity index (χ0n) is 6.42. The predicted octanol–water partition coefficient (Wildman–Crippen LogP) is 0.789. The van der Waals surface area contributed by atoms with Crippen molar-refractivity contribution in [3.05, 3.63) is 6.92 Å². The zero-order chi connectivity index (χ0) is 7.98. The van der Waals surface area contributed by atoms with E-state index < -0.39 is 0 Å². The molecule has 1 atom stereocenters. The molecular weight excluding hydrogens is 132 g/mol. The molecule has 10 heavy (non-hydrogen) atoms. The molecule has 59 valence electrons. The van der Waals surface area contributed by atoms with Crippen LogP contribution in [0.1, 0.15) is 12.8 Å². The SMILES string of the molecule is [CH2]C(CCC(=O)OC)OC. The highest BCUT2D eigenvalue weighted by atomic mass is 16.5. The maximum atomic E-state index is 10.5. The van der Waals surface area contributed by atoms with Crippen LogP contribution in [-0.2, 0) is 14.3 Å². The van der Waals surface area contributed by atoms with Crippen molar-refractivity contribution >= 4 is 5.97 Å². The lowest BCUT2D eigenvalue weighted by Gasteiger charge is -2.06. The Hall–Kier alpha value is -0.570. The van der Waals surface area contributed by atoms with Crippen LogP contribution in [0.3, 0.4) is 0 Å². The highest BCUT2D eigenvalue weighted by molar-refractivity contribution is 5.69. The molecule has 1 radical (unpaired) electrons. The van der Waals surface area contributed by atoms with Crippen molar-refractivity contribution in [3.8, 4) is 0 Å². The van der Waals surface area contributed by atoms with E-state index in [0.29, 0.717) is 12.8 Å². The largest absolute Gasteiger partial charge is 0.469 e. The van der Waals surface area contributed by atoms with Gasteiger partial charge in [-0.25, -0.2) is 0 Å². The molecule has 0 saturated carbocycles. The average molecular weight is 145 g/mol. The highest BCUT2D eigenvalue weighted by Gasteiger charge is 2.04. The maximum absolute atomic E-state index is 10.5. The van der Waals surface area contributed by atoms with Gasteiger partial charge in [0.2, 0.25) is 0 Å². The molecule has 3 heteroatoms. The van der Waals surface area contributed by atoms with Crippen LogP contribution in [0.15, 0.2) is 0 Å². The second kappa shape index (κ2) is 5.23. The van der Waals surface area contributed by atoms with Gasteiger partial charge in [0.25, 0.3) is 0 Å². The van der Waals surface area contributed by atoms with Crippen molar-refractivity contribution in [1.29, 1.82) is 0 Å². The van der Waals surface area contributed by atoms with Crippen LogP contribution in [0.4, 0.5) is 0 Å². The molecule has 0 aliphatic carbocycles. The number of esters is 1. The van der Waals surface area contributed by atoms with Gasteiger partial charge in [-0.3, -0.25) is 4.79 Å². The van der Waals surface area contributed by atoms with Gasteiger partial charge in [0.05, 0.1) is 13.2 Å². The summed E-state index contributed by atoms with van der Waals surface area (Å²) in [6.45, 7) is 3.63. The average Bonchev–Trinajstić information content (AvgIpc) is 1.99. The Balaban J connectivity index is 3.26. The van der Waals surface area contributed by atoms with Crippen molar-refractivity contribution in [1.82, 2.24) is 0 Å². The minimum absolute atomic E-state index is 0.112. The van der Waals surface area contributed by atoms with Gasteiger partial charge in [-0.15, -0.1) is 0 Å². The van der Waals surface area contributed by atoms with Gasteiger partial charge in [0.15, 0.2) is 0 Å². The minimum Gasteiger partial charge on any atom is -0.469 e. The number of carbonyl (C=O) groups is 1. The standard InChI is InChI=1S/C7H13O3/c1-6(9-2)4-5-7(8)10-3/h6H,1,4-5H2,2-3H3. The smallest absolute Gasteiger partial charge is 0.305 e. The van der Waals surface area contributed by atoms with E-state index in [0.717, 1.165) is 0 Å². The summed E-state index contributed by atoms with van der Waals surface area (Å²) in [6, 6.07) is 0. The zero-order valence-corrected chi connectivity index (χ0v) is 6.42. The second-order valence-corrected chi connectivity index (χ2v) is 1.97. The van der Waals surface area contributed by atoms with E-state index >= 15 is 0 Å². The molecule has 0 heterocycles. The van der Waals surface area contributed by atoms with Crippen LogP contribution in [0.2, 0.25) is 0 Å². The monoisotopic (exact) mass is 145 g/mol. The Morgan fingerprint density at radius 3 is 2.60 bits per heavy atom. The van der Waals surface area contributed by atoms with Crippen molar-refractivity contribution in [3.63, 3.8) is 0 Å². The van der Waals surface area contributed by atoms with E-state index in [1.165, 1.54) is 7.11 Å². The summed E-state index contributed by atoms with van der Waals surface area (Å²) in [6.07, 6.45) is 0.876. The van der Waals surface area contributed by atoms with Gasteiger partial charge in [0, 0.05) is 13.5 Å². The van der Waals surface area contributed by atoms with Crippen molar-refractivity contribution in [2.24, 2.45) is 0 Å². The molecule has 0 spiro atoms. The number of carbonyl (C=O) groups excluding carboxylic acids is 1. The molecule has 0 aromatic rings. The maximum Gasteiger partial charge on any atom is 0.305 e. The molecule has 0 bridgehead atoms. The predicted molar refractivity (Wildman–Crippen MR) is 37.4 cm³/mol. The Morgan fingerprint density at radius 2 is 2.20 bits per heavy atom. The fourth-order valence-electron chi connectivity index (χ4n) is 0.499. The third-order valence-electron chi connectivity index (χ3n) is 1.23. The Bertz CT molecular complexity index is 101. The van der Waals surface area contributed by atoms with Crippen LogP contribution in [0.25, 0.3) is 0 Å². The van der Waals surface area contributed by atoms with E-state index in [1.807, 2.05) is 0 Å². The summed E-state index contributed by atoms with van der Waals surface area (Å²) in [4.78, 5) is 10.5. The summed E-state index contributed by atoms with van der Waals surface area (Å²) in [5.41, 5.74) is 0. The molecule has 0 aromatic carbocycles. The third-order valence-corrected chi connectivity index (χ3v) is 1.23. The fourth-order valence-corrected chi connectivity index (χ4v) is 0.499. The quantitative estimate of drug-likeness (QED) is 0.548. The van der Waals surface area contributed by atoms with Gasteiger partial charge in [-0.05, 0) is 13.3 Å². The van der Waals surface area contributed by atoms with E-state index in [1.54, 1.807) is 7.11 Å². The van der Waals surface area contributed by atoms with Crippen molar-refractivity contribution < 1.29 is 14.3 Å². The van der Waals surface area contributed by atoms with E-state index in [2.05, 4.69) is 11.7 Å². The normalized spacial score (nSPS) is 12.7. The molecule has 0 saturated heterocycles. The molecule has 0 aromatic heterocycles. The van der Waals surface area contributed by atoms with Crippen molar-refractivity contribution in [2.75, 3.05) is 14.2 Å². The van der Waals surface area contributed by atoms with Crippen LogP contribution < -0.4 is 0 Å². The van der Waals surface area contributed by atoms with Crippen LogP contribution >= 0.6 is 0 Å². The lowest BCUT2D eigenvalue weighted by Crippen LogP contribution is -2.09. The number of hydrogen-bond donors (Lipinski definition) is 0. The number of hydrogen-bond acceptors (Lipinski definition) is 3.